The van der Waals surface area contributed by atoms with Gasteiger partial charge in [-0.05, 0) is 36.1 Å². The molecule has 3 aromatic carbocycles. The summed E-state index contributed by atoms with van der Waals surface area (Å²) in [6, 6.07) is 27.8. The van der Waals surface area contributed by atoms with Crippen LogP contribution in [-0.4, -0.2) is 41.1 Å². The first kappa shape index (κ1) is 22.2. The van der Waals surface area contributed by atoms with Gasteiger partial charge in [0.2, 0.25) is 5.91 Å². The van der Waals surface area contributed by atoms with E-state index >= 15 is 0 Å². The Hall–Kier alpha value is -3.02. The van der Waals surface area contributed by atoms with E-state index in [9.17, 15) is 14.3 Å². The molecule has 1 fully saturated rings. The molecule has 1 aliphatic rings. The molecule has 1 heterocycles. The number of nitrogens with zero attached hydrogens (tertiary/aromatic N) is 1. The number of hydrogen-bond donors (Lipinski definition) is 2. The predicted molar refractivity (Wildman–Crippen MR) is 125 cm³/mol. The highest BCUT2D eigenvalue weighted by Gasteiger charge is 2.44. The lowest BCUT2D eigenvalue weighted by atomic mass is 9.75. The molecule has 0 spiro atoms. The highest BCUT2D eigenvalue weighted by Crippen LogP contribution is 2.38. The maximum Gasteiger partial charge on any atom is 0.234 e. The van der Waals surface area contributed by atoms with Gasteiger partial charge in [-0.2, -0.15) is 0 Å². The van der Waals surface area contributed by atoms with Crippen LogP contribution in [0.25, 0.3) is 0 Å². The zero-order chi connectivity index (χ0) is 22.4. The Bertz CT molecular complexity index is 990. The van der Waals surface area contributed by atoms with Crippen LogP contribution in [-0.2, 0) is 4.79 Å². The fourth-order valence-corrected chi connectivity index (χ4v) is 4.49. The van der Waals surface area contributed by atoms with E-state index in [1.807, 2.05) is 83.8 Å². The van der Waals surface area contributed by atoms with E-state index in [0.29, 0.717) is 37.2 Å². The van der Waals surface area contributed by atoms with Gasteiger partial charge < -0.3 is 10.4 Å². The Labute approximate surface area is 188 Å². The molecule has 2 N–H and O–H groups in total. The fourth-order valence-electron chi connectivity index (χ4n) is 4.49. The number of carbonyl (C=O) groups is 1. The van der Waals surface area contributed by atoms with Gasteiger partial charge in [0.25, 0.3) is 0 Å². The summed E-state index contributed by atoms with van der Waals surface area (Å²) in [4.78, 5) is 15.3. The SMILES string of the molecule is O=C(Nc1ccccc1)C(c1ccccc1)C1(O)CCN(CC(F)c2ccccc2)CC1. The Morgan fingerprint density at radius 1 is 0.875 bits per heavy atom. The third kappa shape index (κ3) is 5.23. The summed E-state index contributed by atoms with van der Waals surface area (Å²) >= 11 is 0. The predicted octanol–water partition coefficient (Wildman–Crippen LogP) is 4.95. The van der Waals surface area contributed by atoms with Crippen molar-refractivity contribution in [3.8, 4) is 0 Å². The molecule has 5 heteroatoms. The molecular formula is C27H29FN2O2. The molecular weight excluding hydrogens is 403 g/mol. The topological polar surface area (TPSA) is 52.6 Å². The minimum atomic E-state index is -1.20. The van der Waals surface area contributed by atoms with Crippen molar-refractivity contribution in [2.45, 2.75) is 30.5 Å². The maximum atomic E-state index is 14.7. The third-order valence-electron chi connectivity index (χ3n) is 6.28. The van der Waals surface area contributed by atoms with Crippen molar-refractivity contribution < 1.29 is 14.3 Å². The molecule has 166 valence electrons. The summed E-state index contributed by atoms with van der Waals surface area (Å²) in [5.74, 6) is -0.938. The normalized spacial score (nSPS) is 17.9. The molecule has 2 unspecified atom stereocenters. The zero-order valence-electron chi connectivity index (χ0n) is 18.0. The first-order valence-electron chi connectivity index (χ1n) is 11.1. The molecule has 0 bridgehead atoms. The highest BCUT2D eigenvalue weighted by atomic mass is 19.1. The Morgan fingerprint density at radius 3 is 1.94 bits per heavy atom. The summed E-state index contributed by atoms with van der Waals surface area (Å²) in [6.07, 6.45) is -0.277. The van der Waals surface area contributed by atoms with E-state index in [-0.39, 0.29) is 12.5 Å². The van der Waals surface area contributed by atoms with Gasteiger partial charge in [0.1, 0.15) is 6.17 Å². The number of anilines is 1. The highest BCUT2D eigenvalue weighted by molar-refractivity contribution is 5.96. The standard InChI is InChI=1S/C27H29FN2O2/c28-24(21-10-4-1-5-11-21)20-30-18-16-27(32,17-19-30)25(22-12-6-2-7-13-22)26(31)29-23-14-8-3-9-15-23/h1-15,24-25,32H,16-20H2,(H,29,31). The molecule has 2 atom stereocenters. The smallest absolute Gasteiger partial charge is 0.234 e. The minimum absolute atomic E-state index is 0.231. The number of aliphatic hydroxyl groups is 1. The quantitative estimate of drug-likeness (QED) is 0.556. The lowest BCUT2D eigenvalue weighted by Gasteiger charge is -2.42. The Morgan fingerprint density at radius 2 is 1.38 bits per heavy atom. The second-order valence-electron chi connectivity index (χ2n) is 8.48. The summed E-state index contributed by atoms with van der Waals surface area (Å²) in [7, 11) is 0. The third-order valence-corrected chi connectivity index (χ3v) is 6.28. The number of nitrogens with one attached hydrogen (secondary N) is 1. The van der Waals surface area contributed by atoms with E-state index in [0.717, 1.165) is 5.56 Å². The van der Waals surface area contributed by atoms with Gasteiger partial charge in [0, 0.05) is 25.3 Å². The molecule has 1 amide bonds. The van der Waals surface area contributed by atoms with Crippen LogP contribution in [0.5, 0.6) is 0 Å². The molecule has 0 saturated carbocycles. The number of benzene rings is 3. The molecule has 4 rings (SSSR count). The summed E-state index contributed by atoms with van der Waals surface area (Å²) in [5, 5.41) is 14.6. The molecule has 1 saturated heterocycles. The number of para-hydroxylation sites is 1. The molecule has 32 heavy (non-hydrogen) atoms. The van der Waals surface area contributed by atoms with Gasteiger partial charge in [0.05, 0.1) is 11.5 Å². The molecule has 4 nitrogen and oxygen atoms in total. The number of alkyl halides is 1. The second-order valence-corrected chi connectivity index (χ2v) is 8.48. The monoisotopic (exact) mass is 432 g/mol. The lowest BCUT2D eigenvalue weighted by molar-refractivity contribution is -0.127. The first-order valence-corrected chi connectivity index (χ1v) is 11.1. The van der Waals surface area contributed by atoms with Crippen molar-refractivity contribution in [3.63, 3.8) is 0 Å². The van der Waals surface area contributed by atoms with Crippen LogP contribution in [0.4, 0.5) is 10.1 Å². The number of amides is 1. The zero-order valence-corrected chi connectivity index (χ0v) is 18.0. The van der Waals surface area contributed by atoms with Crippen LogP contribution in [0.1, 0.15) is 36.1 Å². The van der Waals surface area contributed by atoms with Gasteiger partial charge in [-0.25, -0.2) is 4.39 Å². The average Bonchev–Trinajstić information content (AvgIpc) is 2.82. The largest absolute Gasteiger partial charge is 0.389 e. The van der Waals surface area contributed by atoms with E-state index in [4.69, 9.17) is 0 Å². The number of hydrogen-bond acceptors (Lipinski definition) is 3. The number of carbonyl (C=O) groups excluding carboxylic acids is 1. The van der Waals surface area contributed by atoms with E-state index in [1.54, 1.807) is 12.1 Å². The van der Waals surface area contributed by atoms with E-state index < -0.39 is 17.7 Å². The summed E-state index contributed by atoms with van der Waals surface area (Å²) < 4.78 is 14.7. The molecule has 0 aromatic heterocycles. The maximum absolute atomic E-state index is 14.7. The number of likely N-dealkylation sites (tertiary alicyclic amines) is 1. The van der Waals surface area contributed by atoms with Crippen molar-refractivity contribution in [1.29, 1.82) is 0 Å². The van der Waals surface area contributed by atoms with Crippen molar-refractivity contribution in [1.82, 2.24) is 4.90 Å². The Balaban J connectivity index is 1.47. The fraction of sp³-hybridized carbons (Fsp3) is 0.296. The molecule has 1 aliphatic heterocycles. The van der Waals surface area contributed by atoms with Crippen molar-refractivity contribution in [3.05, 3.63) is 102 Å². The van der Waals surface area contributed by atoms with Gasteiger partial charge in [-0.3, -0.25) is 9.69 Å². The second kappa shape index (κ2) is 10.1. The van der Waals surface area contributed by atoms with Crippen LogP contribution in [0.3, 0.4) is 0 Å². The summed E-state index contributed by atoms with van der Waals surface area (Å²) in [5.41, 5.74) is 0.944. The van der Waals surface area contributed by atoms with Crippen LogP contribution < -0.4 is 5.32 Å². The molecule has 3 aromatic rings. The number of piperidine rings is 1. The van der Waals surface area contributed by atoms with Gasteiger partial charge in [-0.1, -0.05) is 78.9 Å². The molecule has 0 radical (unpaired) electrons. The van der Waals surface area contributed by atoms with Crippen LogP contribution in [0.2, 0.25) is 0 Å². The Kier molecular flexibility index (Phi) is 6.98. The number of halogens is 1. The average molecular weight is 433 g/mol. The van der Waals surface area contributed by atoms with Crippen LogP contribution >= 0.6 is 0 Å². The lowest BCUT2D eigenvalue weighted by Crippen LogP contribution is -2.51. The van der Waals surface area contributed by atoms with Gasteiger partial charge in [0.15, 0.2) is 0 Å². The molecule has 0 aliphatic carbocycles. The summed E-state index contributed by atoms with van der Waals surface area (Å²) in [6.45, 7) is 1.35. The number of rotatable bonds is 7. The van der Waals surface area contributed by atoms with Gasteiger partial charge >= 0.3 is 0 Å². The first-order chi connectivity index (χ1) is 15.5. The van der Waals surface area contributed by atoms with E-state index in [1.165, 1.54) is 0 Å². The van der Waals surface area contributed by atoms with E-state index in [2.05, 4.69) is 5.32 Å². The minimum Gasteiger partial charge on any atom is -0.389 e. The van der Waals surface area contributed by atoms with Crippen molar-refractivity contribution >= 4 is 11.6 Å². The van der Waals surface area contributed by atoms with Crippen LogP contribution in [0, 0.1) is 0 Å². The van der Waals surface area contributed by atoms with Crippen LogP contribution in [0.15, 0.2) is 91.0 Å². The van der Waals surface area contributed by atoms with Crippen molar-refractivity contribution in [2.24, 2.45) is 0 Å². The van der Waals surface area contributed by atoms with Crippen molar-refractivity contribution in [2.75, 3.05) is 25.0 Å². The van der Waals surface area contributed by atoms with Gasteiger partial charge in [-0.15, -0.1) is 0 Å².